The maximum absolute atomic E-state index is 10.6. The van der Waals surface area contributed by atoms with Crippen molar-refractivity contribution in [3.05, 3.63) is 34.7 Å². The Bertz CT molecular complexity index is 411. The quantitative estimate of drug-likeness (QED) is 0.680. The molecule has 0 unspecified atom stereocenters. The van der Waals surface area contributed by atoms with Gasteiger partial charge in [-0.05, 0) is 23.6 Å². The second kappa shape index (κ2) is 3.45. The minimum atomic E-state index is 0.695. The summed E-state index contributed by atoms with van der Waals surface area (Å²) in [5.74, 6) is 0. The minimum Gasteiger partial charge on any atom is -0.297 e. The zero-order valence-corrected chi connectivity index (χ0v) is 7.49. The SMILES string of the molecule is O=Cc1sccc1-c1cccnn1. The van der Waals surface area contributed by atoms with E-state index in [1.165, 1.54) is 11.3 Å². The van der Waals surface area contributed by atoms with E-state index in [1.54, 1.807) is 12.3 Å². The summed E-state index contributed by atoms with van der Waals surface area (Å²) in [4.78, 5) is 11.3. The first-order valence-electron chi connectivity index (χ1n) is 3.72. The molecule has 0 aromatic carbocycles. The Morgan fingerprint density at radius 3 is 3.00 bits per heavy atom. The Labute approximate surface area is 79.1 Å². The van der Waals surface area contributed by atoms with Crippen LogP contribution in [0.4, 0.5) is 0 Å². The van der Waals surface area contributed by atoms with Crippen LogP contribution in [-0.2, 0) is 0 Å². The third-order valence-corrected chi connectivity index (χ3v) is 2.49. The number of hydrogen-bond donors (Lipinski definition) is 0. The van der Waals surface area contributed by atoms with E-state index in [4.69, 9.17) is 0 Å². The van der Waals surface area contributed by atoms with Gasteiger partial charge in [-0.3, -0.25) is 4.79 Å². The van der Waals surface area contributed by atoms with Crippen LogP contribution in [0.3, 0.4) is 0 Å². The van der Waals surface area contributed by atoms with Crippen LogP contribution in [0.15, 0.2) is 29.8 Å². The molecule has 0 fully saturated rings. The fourth-order valence-corrected chi connectivity index (χ4v) is 1.77. The number of nitrogens with zero attached hydrogens (tertiary/aromatic N) is 2. The van der Waals surface area contributed by atoms with Crippen molar-refractivity contribution in [3.8, 4) is 11.3 Å². The largest absolute Gasteiger partial charge is 0.297 e. The lowest BCUT2D eigenvalue weighted by Crippen LogP contribution is -1.86. The fourth-order valence-electron chi connectivity index (χ4n) is 1.07. The molecule has 0 bridgehead atoms. The molecule has 2 rings (SSSR count). The maximum Gasteiger partial charge on any atom is 0.160 e. The van der Waals surface area contributed by atoms with Crippen LogP contribution < -0.4 is 0 Å². The maximum atomic E-state index is 10.6. The molecule has 0 saturated heterocycles. The van der Waals surface area contributed by atoms with Crippen molar-refractivity contribution in [1.82, 2.24) is 10.2 Å². The van der Waals surface area contributed by atoms with Gasteiger partial charge in [0.1, 0.15) is 0 Å². The number of carbonyl (C=O) groups is 1. The van der Waals surface area contributed by atoms with Gasteiger partial charge in [0, 0.05) is 11.8 Å². The van der Waals surface area contributed by atoms with E-state index in [9.17, 15) is 4.79 Å². The molecule has 0 saturated carbocycles. The van der Waals surface area contributed by atoms with Crippen LogP contribution in [-0.4, -0.2) is 16.5 Å². The molecule has 0 amide bonds. The summed E-state index contributed by atoms with van der Waals surface area (Å²) in [5.41, 5.74) is 1.60. The third-order valence-electron chi connectivity index (χ3n) is 1.65. The van der Waals surface area contributed by atoms with E-state index < -0.39 is 0 Å². The van der Waals surface area contributed by atoms with Crippen molar-refractivity contribution < 1.29 is 4.79 Å². The molecular weight excluding hydrogens is 184 g/mol. The van der Waals surface area contributed by atoms with Gasteiger partial charge < -0.3 is 0 Å². The Balaban J connectivity index is 2.52. The molecule has 2 aromatic heterocycles. The lowest BCUT2D eigenvalue weighted by atomic mass is 10.2. The Morgan fingerprint density at radius 1 is 1.38 bits per heavy atom. The van der Waals surface area contributed by atoms with Crippen molar-refractivity contribution in [2.24, 2.45) is 0 Å². The predicted molar refractivity (Wildman–Crippen MR) is 50.7 cm³/mol. The highest BCUT2D eigenvalue weighted by molar-refractivity contribution is 7.12. The zero-order chi connectivity index (χ0) is 9.10. The van der Waals surface area contributed by atoms with Crippen molar-refractivity contribution in [1.29, 1.82) is 0 Å². The summed E-state index contributed by atoms with van der Waals surface area (Å²) in [6, 6.07) is 5.51. The standard InChI is InChI=1S/C9H6N2OS/c12-6-9-7(3-5-13-9)8-2-1-4-10-11-8/h1-6H. The molecule has 13 heavy (non-hydrogen) atoms. The summed E-state index contributed by atoms with van der Waals surface area (Å²) in [7, 11) is 0. The predicted octanol–water partition coefficient (Wildman–Crippen LogP) is 2.02. The number of carbonyl (C=O) groups excluding carboxylic acids is 1. The Hall–Kier alpha value is -1.55. The molecule has 0 radical (unpaired) electrons. The first-order valence-corrected chi connectivity index (χ1v) is 4.60. The zero-order valence-electron chi connectivity index (χ0n) is 6.68. The topological polar surface area (TPSA) is 42.9 Å². The van der Waals surface area contributed by atoms with Crippen LogP contribution in [0.25, 0.3) is 11.3 Å². The van der Waals surface area contributed by atoms with E-state index in [1.807, 2.05) is 17.5 Å². The molecule has 0 aliphatic heterocycles. The van der Waals surface area contributed by atoms with Gasteiger partial charge in [-0.2, -0.15) is 10.2 Å². The molecule has 2 aromatic rings. The van der Waals surface area contributed by atoms with Crippen LogP contribution in [0, 0.1) is 0 Å². The molecular formula is C9H6N2OS. The van der Waals surface area contributed by atoms with Crippen LogP contribution in [0.1, 0.15) is 9.67 Å². The lowest BCUT2D eigenvalue weighted by molar-refractivity contribution is 0.112. The lowest BCUT2D eigenvalue weighted by Gasteiger charge is -1.94. The summed E-state index contributed by atoms with van der Waals surface area (Å²) < 4.78 is 0. The summed E-state index contributed by atoms with van der Waals surface area (Å²) in [6.07, 6.45) is 2.45. The van der Waals surface area contributed by atoms with Crippen molar-refractivity contribution in [2.75, 3.05) is 0 Å². The summed E-state index contributed by atoms with van der Waals surface area (Å²) in [5, 5.41) is 9.55. The average Bonchev–Trinajstić information content (AvgIpc) is 2.67. The fraction of sp³-hybridized carbons (Fsp3) is 0. The second-order valence-electron chi connectivity index (χ2n) is 2.43. The second-order valence-corrected chi connectivity index (χ2v) is 3.37. The molecule has 0 spiro atoms. The van der Waals surface area contributed by atoms with E-state index in [2.05, 4.69) is 10.2 Å². The first-order chi connectivity index (χ1) is 6.42. The molecule has 0 aliphatic carbocycles. The van der Waals surface area contributed by atoms with Crippen LogP contribution >= 0.6 is 11.3 Å². The molecule has 2 heterocycles. The van der Waals surface area contributed by atoms with E-state index in [0.29, 0.717) is 4.88 Å². The van der Waals surface area contributed by atoms with Gasteiger partial charge in [-0.15, -0.1) is 11.3 Å². The van der Waals surface area contributed by atoms with Gasteiger partial charge in [0.25, 0.3) is 0 Å². The highest BCUT2D eigenvalue weighted by Crippen LogP contribution is 2.24. The number of aldehydes is 1. The molecule has 0 atom stereocenters. The monoisotopic (exact) mass is 190 g/mol. The van der Waals surface area contributed by atoms with Crippen molar-refractivity contribution in [2.45, 2.75) is 0 Å². The van der Waals surface area contributed by atoms with Gasteiger partial charge >= 0.3 is 0 Å². The highest BCUT2D eigenvalue weighted by atomic mass is 32.1. The van der Waals surface area contributed by atoms with E-state index in [-0.39, 0.29) is 0 Å². The van der Waals surface area contributed by atoms with Crippen molar-refractivity contribution in [3.63, 3.8) is 0 Å². The molecule has 0 N–H and O–H groups in total. The van der Waals surface area contributed by atoms with Gasteiger partial charge in [0.05, 0.1) is 10.6 Å². The average molecular weight is 190 g/mol. The number of rotatable bonds is 2. The highest BCUT2D eigenvalue weighted by Gasteiger charge is 2.06. The van der Waals surface area contributed by atoms with Crippen molar-refractivity contribution >= 4 is 17.6 Å². The molecule has 0 aliphatic rings. The number of aromatic nitrogens is 2. The summed E-state index contributed by atoms with van der Waals surface area (Å²) >= 11 is 1.41. The molecule has 4 heteroatoms. The van der Waals surface area contributed by atoms with Gasteiger partial charge in [0.2, 0.25) is 0 Å². The van der Waals surface area contributed by atoms with E-state index >= 15 is 0 Å². The minimum absolute atomic E-state index is 0.695. The third kappa shape index (κ3) is 1.48. The number of hydrogen-bond acceptors (Lipinski definition) is 4. The first kappa shape index (κ1) is 8.07. The number of thiophene rings is 1. The van der Waals surface area contributed by atoms with E-state index in [0.717, 1.165) is 17.5 Å². The van der Waals surface area contributed by atoms with Gasteiger partial charge in [-0.1, -0.05) is 0 Å². The summed E-state index contributed by atoms with van der Waals surface area (Å²) in [6.45, 7) is 0. The molecule has 3 nitrogen and oxygen atoms in total. The molecule has 64 valence electrons. The Morgan fingerprint density at radius 2 is 2.31 bits per heavy atom. The van der Waals surface area contributed by atoms with Crippen LogP contribution in [0.5, 0.6) is 0 Å². The normalized spacial score (nSPS) is 9.85. The van der Waals surface area contributed by atoms with Gasteiger partial charge in [-0.25, -0.2) is 0 Å². The van der Waals surface area contributed by atoms with Crippen LogP contribution in [0.2, 0.25) is 0 Å². The Kier molecular flexibility index (Phi) is 2.14. The van der Waals surface area contributed by atoms with Gasteiger partial charge in [0.15, 0.2) is 6.29 Å². The smallest absolute Gasteiger partial charge is 0.160 e.